The molecule has 13 heteroatoms. The van der Waals surface area contributed by atoms with E-state index < -0.39 is 29.3 Å². The Balaban J connectivity index is 1.24. The number of hydrogen-bond acceptors (Lipinski definition) is 6. The number of nitrogens with one attached hydrogen (secondary N) is 2. The molecular weight excluding hydrogens is 546 g/mol. The third-order valence-electron chi connectivity index (χ3n) is 5.68. The van der Waals surface area contributed by atoms with Crippen LogP contribution in [0.25, 0.3) is 11.0 Å². The van der Waals surface area contributed by atoms with Crippen LogP contribution in [0, 0.1) is 5.82 Å². The minimum Gasteiger partial charge on any atom is -0.457 e. The van der Waals surface area contributed by atoms with Crippen LogP contribution in [0.5, 0.6) is 23.0 Å². The van der Waals surface area contributed by atoms with Crippen molar-refractivity contribution in [3.8, 4) is 23.0 Å². The fourth-order valence-corrected chi connectivity index (χ4v) is 3.83. The van der Waals surface area contributed by atoms with Gasteiger partial charge in [-0.15, -0.1) is 0 Å². The number of carbonyl (C=O) groups excluding carboxylic acids is 1. The van der Waals surface area contributed by atoms with E-state index in [4.69, 9.17) is 14.2 Å². The van der Waals surface area contributed by atoms with E-state index in [0.717, 1.165) is 24.3 Å². The zero-order valence-electron chi connectivity index (χ0n) is 21.3. The number of benzene rings is 3. The van der Waals surface area contributed by atoms with E-state index in [9.17, 15) is 22.4 Å². The smallest absolute Gasteiger partial charge is 0.420 e. The molecule has 9 nitrogen and oxygen atoms in total. The maximum atomic E-state index is 13.7. The number of hydrogen-bond donors (Lipinski definition) is 2. The number of ether oxygens (including phenoxy) is 3. The number of halogens is 4. The Morgan fingerprint density at radius 3 is 2.20 bits per heavy atom. The van der Waals surface area contributed by atoms with Gasteiger partial charge in [-0.25, -0.2) is 18.9 Å². The van der Waals surface area contributed by atoms with Crippen molar-refractivity contribution in [3.05, 3.63) is 96.6 Å². The van der Waals surface area contributed by atoms with Crippen molar-refractivity contribution in [1.82, 2.24) is 14.8 Å². The largest absolute Gasteiger partial charge is 0.457 e. The minimum absolute atomic E-state index is 0.0253. The van der Waals surface area contributed by atoms with Gasteiger partial charge in [-0.3, -0.25) is 0 Å². The molecule has 41 heavy (non-hydrogen) atoms. The van der Waals surface area contributed by atoms with E-state index in [1.165, 1.54) is 18.2 Å². The molecule has 0 radical (unpaired) electrons. The molecule has 5 rings (SSSR count). The lowest BCUT2D eigenvalue weighted by Gasteiger charge is -2.16. The van der Waals surface area contributed by atoms with E-state index in [0.29, 0.717) is 28.2 Å². The maximum Gasteiger partial charge on any atom is 0.420 e. The molecule has 0 atom stereocenters. The van der Waals surface area contributed by atoms with Crippen LogP contribution < -0.4 is 20.1 Å². The van der Waals surface area contributed by atoms with Crippen LogP contribution in [0.15, 0.2) is 85.2 Å². The Hall–Kier alpha value is -5.17. The first kappa shape index (κ1) is 27.4. The summed E-state index contributed by atoms with van der Waals surface area (Å²) in [5.74, 6) is -0.0408. The second-order valence-electron chi connectivity index (χ2n) is 8.58. The fraction of sp³-hybridized carbons (Fsp3) is 0.107. The van der Waals surface area contributed by atoms with Crippen LogP contribution in [-0.2, 0) is 17.6 Å². The number of methoxy groups -OCH3 is 1. The number of aromatic nitrogens is 3. The molecule has 0 unspecified atom stereocenters. The van der Waals surface area contributed by atoms with Gasteiger partial charge in [-0.2, -0.15) is 18.3 Å². The molecule has 2 amide bonds. The second kappa shape index (κ2) is 11.5. The van der Waals surface area contributed by atoms with Crippen molar-refractivity contribution in [2.24, 2.45) is 0 Å². The molecule has 210 valence electrons. The van der Waals surface area contributed by atoms with E-state index in [1.807, 2.05) is 0 Å². The summed E-state index contributed by atoms with van der Waals surface area (Å²) in [6.07, 6.45) is -1.58. The molecule has 0 aliphatic rings. The van der Waals surface area contributed by atoms with Crippen LogP contribution in [0.3, 0.4) is 0 Å². The predicted molar refractivity (Wildman–Crippen MR) is 142 cm³/mol. The Labute approximate surface area is 230 Å². The van der Waals surface area contributed by atoms with Gasteiger partial charge in [0.2, 0.25) is 0 Å². The number of fused-ring (bicyclic) bond motifs is 1. The van der Waals surface area contributed by atoms with Crippen molar-refractivity contribution in [3.63, 3.8) is 0 Å². The van der Waals surface area contributed by atoms with Crippen molar-refractivity contribution < 1.29 is 36.6 Å². The first-order valence-corrected chi connectivity index (χ1v) is 12.0. The van der Waals surface area contributed by atoms with Gasteiger partial charge in [0.05, 0.1) is 11.6 Å². The number of pyridine rings is 1. The summed E-state index contributed by atoms with van der Waals surface area (Å²) < 4.78 is 72.1. The summed E-state index contributed by atoms with van der Waals surface area (Å²) in [7, 11) is 1.55. The molecule has 0 spiro atoms. The first-order valence-electron chi connectivity index (χ1n) is 12.0. The first-order chi connectivity index (χ1) is 19.7. The molecule has 0 bridgehead atoms. The number of urea groups is 1. The molecule has 0 saturated heterocycles. The molecule has 0 aliphatic heterocycles. The van der Waals surface area contributed by atoms with Crippen LogP contribution >= 0.6 is 0 Å². The number of rotatable bonds is 8. The summed E-state index contributed by atoms with van der Waals surface area (Å²) in [4.78, 5) is 16.8. The molecule has 2 heterocycles. The lowest BCUT2D eigenvalue weighted by Crippen LogP contribution is -2.20. The summed E-state index contributed by atoms with van der Waals surface area (Å²) >= 11 is 0. The Kier molecular flexibility index (Phi) is 7.70. The van der Waals surface area contributed by atoms with Gasteiger partial charge in [0.15, 0.2) is 5.65 Å². The Bertz CT molecular complexity index is 1670. The average Bonchev–Trinajstić information content (AvgIpc) is 3.35. The molecule has 3 aromatic carbocycles. The van der Waals surface area contributed by atoms with Gasteiger partial charge < -0.3 is 24.8 Å². The van der Waals surface area contributed by atoms with Gasteiger partial charge in [0.1, 0.15) is 41.1 Å². The fourth-order valence-electron chi connectivity index (χ4n) is 3.83. The van der Waals surface area contributed by atoms with E-state index in [1.54, 1.807) is 54.5 Å². The van der Waals surface area contributed by atoms with Gasteiger partial charge in [-0.05, 0) is 72.8 Å². The highest BCUT2D eigenvalue weighted by molar-refractivity contribution is 5.99. The molecular formula is C28H21F4N5O4. The van der Waals surface area contributed by atoms with Crippen LogP contribution in [0.1, 0.15) is 5.56 Å². The third kappa shape index (κ3) is 6.53. The summed E-state index contributed by atoms with van der Waals surface area (Å²) in [6, 6.07) is 14.9. The lowest BCUT2D eigenvalue weighted by molar-refractivity contribution is -0.138. The minimum atomic E-state index is -4.78. The molecule has 5 aromatic rings. The maximum absolute atomic E-state index is 13.7. The van der Waals surface area contributed by atoms with E-state index >= 15 is 0 Å². The van der Waals surface area contributed by atoms with Crippen molar-refractivity contribution in [2.75, 3.05) is 17.7 Å². The van der Waals surface area contributed by atoms with E-state index in [-0.39, 0.29) is 18.2 Å². The number of nitrogens with zero attached hydrogens (tertiary/aromatic N) is 3. The normalized spacial score (nSPS) is 11.3. The third-order valence-corrected chi connectivity index (χ3v) is 5.68. The molecule has 2 aromatic heterocycles. The van der Waals surface area contributed by atoms with Crippen molar-refractivity contribution in [2.45, 2.75) is 12.9 Å². The molecule has 2 N–H and O–H groups in total. The van der Waals surface area contributed by atoms with Crippen LogP contribution in [0.4, 0.5) is 33.7 Å². The zero-order chi connectivity index (χ0) is 29.0. The van der Waals surface area contributed by atoms with Gasteiger partial charge in [0.25, 0.3) is 0 Å². The number of alkyl halides is 3. The highest BCUT2D eigenvalue weighted by atomic mass is 19.4. The average molecular weight is 567 g/mol. The van der Waals surface area contributed by atoms with Gasteiger partial charge >= 0.3 is 12.2 Å². The summed E-state index contributed by atoms with van der Waals surface area (Å²) in [5.41, 5.74) is -0.269. The molecule has 0 aliphatic carbocycles. The summed E-state index contributed by atoms with van der Waals surface area (Å²) in [5, 5.41) is 9.84. The molecule has 0 fully saturated rings. The van der Waals surface area contributed by atoms with Crippen LogP contribution in [0.2, 0.25) is 0 Å². The Morgan fingerprint density at radius 2 is 1.51 bits per heavy atom. The number of carbonyl (C=O) groups is 1. The summed E-state index contributed by atoms with van der Waals surface area (Å²) in [6.45, 7) is 0.230. The van der Waals surface area contributed by atoms with Crippen molar-refractivity contribution in [1.29, 1.82) is 0 Å². The predicted octanol–water partition coefficient (Wildman–Crippen LogP) is 7.42. The molecule has 0 saturated carbocycles. The zero-order valence-corrected chi connectivity index (χ0v) is 21.3. The van der Waals surface area contributed by atoms with Gasteiger partial charge in [-0.1, -0.05) is 0 Å². The number of amides is 2. The Morgan fingerprint density at radius 1 is 0.878 bits per heavy atom. The quantitative estimate of drug-likeness (QED) is 0.189. The topological polar surface area (TPSA) is 99.5 Å². The highest BCUT2D eigenvalue weighted by Crippen LogP contribution is 2.40. The second-order valence-corrected chi connectivity index (χ2v) is 8.58. The number of anilines is 2. The van der Waals surface area contributed by atoms with Crippen molar-refractivity contribution >= 4 is 28.4 Å². The monoisotopic (exact) mass is 567 g/mol. The van der Waals surface area contributed by atoms with Crippen LogP contribution in [-0.4, -0.2) is 27.9 Å². The SMILES string of the molecule is COCn1ncc2c(Oc3ccc(NC(=O)Nc4ccc(Oc5ccc(F)cc5)c(C(F)(F)F)c4)cc3)ccnc21. The standard InChI is InChI=1S/C28H21F4N5O4/c1-39-16-37-26-22(15-34-37)24(12-13-33-26)40-21-9-4-18(5-10-21)35-27(38)36-19-6-11-25(23(14-19)28(30,31)32)41-20-7-2-17(29)3-8-20/h2-15H,16H2,1H3,(H2,35,36,38). The van der Waals surface area contributed by atoms with E-state index in [2.05, 4.69) is 20.7 Å². The highest BCUT2D eigenvalue weighted by Gasteiger charge is 2.35. The van der Waals surface area contributed by atoms with Gasteiger partial charge in [0, 0.05) is 24.7 Å². The lowest BCUT2D eigenvalue weighted by atomic mass is 10.1.